The molecule has 6 heteroatoms. The summed E-state index contributed by atoms with van der Waals surface area (Å²) in [5, 5.41) is 0. The second-order valence-corrected chi connectivity index (χ2v) is 7.93. The van der Waals surface area contributed by atoms with E-state index in [4.69, 9.17) is 10.5 Å². The molecule has 1 rings (SSSR count). The molecule has 0 saturated carbocycles. The molecule has 0 unspecified atom stereocenters. The number of nitrogens with two attached hydrogens (primary N) is 1. The highest BCUT2D eigenvalue weighted by Gasteiger charge is 2.28. The first kappa shape index (κ1) is 17.8. The van der Waals surface area contributed by atoms with Gasteiger partial charge in [0.15, 0.2) is 0 Å². The molecule has 21 heavy (non-hydrogen) atoms. The Bertz CT molecular complexity index is 558. The van der Waals surface area contributed by atoms with Gasteiger partial charge >= 0.3 is 0 Å². The van der Waals surface area contributed by atoms with E-state index in [1.54, 1.807) is 6.07 Å². The number of nitrogen functional groups attached to an aromatic ring is 1. The van der Waals surface area contributed by atoms with E-state index in [1.807, 2.05) is 27.7 Å². The van der Waals surface area contributed by atoms with Crippen LogP contribution in [0.25, 0.3) is 0 Å². The third-order valence-corrected chi connectivity index (χ3v) is 4.81. The van der Waals surface area contributed by atoms with E-state index < -0.39 is 10.0 Å². The van der Waals surface area contributed by atoms with Gasteiger partial charge in [-0.2, -0.15) is 4.31 Å². The average molecular weight is 314 g/mol. The standard InChI is InChI=1S/C15H26N2O3S/c1-11(2)9-17(10-12(3)4)21(18,19)15-7-6-13(16)8-14(15)20-5/h6-8,11-12H,9-10,16H2,1-5H3. The van der Waals surface area contributed by atoms with Gasteiger partial charge < -0.3 is 10.5 Å². The fourth-order valence-corrected chi connectivity index (χ4v) is 4.03. The maximum absolute atomic E-state index is 12.9. The van der Waals surface area contributed by atoms with E-state index in [0.29, 0.717) is 18.8 Å². The van der Waals surface area contributed by atoms with Crippen LogP contribution in [0.15, 0.2) is 23.1 Å². The summed E-state index contributed by atoms with van der Waals surface area (Å²) in [6.45, 7) is 8.97. The van der Waals surface area contributed by atoms with Gasteiger partial charge in [0.2, 0.25) is 10.0 Å². The summed E-state index contributed by atoms with van der Waals surface area (Å²) in [6, 6.07) is 4.63. The van der Waals surface area contributed by atoms with Crippen molar-refractivity contribution in [3.8, 4) is 5.75 Å². The van der Waals surface area contributed by atoms with Crippen LogP contribution in [0.1, 0.15) is 27.7 Å². The third kappa shape index (κ3) is 4.61. The molecule has 0 aliphatic carbocycles. The van der Waals surface area contributed by atoms with Gasteiger partial charge in [-0.25, -0.2) is 8.42 Å². The molecule has 0 saturated heterocycles. The molecule has 0 fully saturated rings. The second kappa shape index (κ2) is 7.13. The molecule has 1 aromatic rings. The van der Waals surface area contributed by atoms with Crippen LogP contribution in [0.3, 0.4) is 0 Å². The van der Waals surface area contributed by atoms with Crippen LogP contribution in [-0.4, -0.2) is 32.9 Å². The van der Waals surface area contributed by atoms with Gasteiger partial charge in [-0.05, 0) is 24.0 Å². The average Bonchev–Trinajstić information content (AvgIpc) is 2.36. The van der Waals surface area contributed by atoms with E-state index in [-0.39, 0.29) is 22.5 Å². The number of hydrogen-bond donors (Lipinski definition) is 1. The van der Waals surface area contributed by atoms with Crippen molar-refractivity contribution in [2.75, 3.05) is 25.9 Å². The zero-order chi connectivity index (χ0) is 16.2. The van der Waals surface area contributed by atoms with Crippen LogP contribution in [0, 0.1) is 11.8 Å². The maximum atomic E-state index is 12.9. The lowest BCUT2D eigenvalue weighted by molar-refractivity contribution is 0.330. The third-order valence-electron chi connectivity index (χ3n) is 2.94. The van der Waals surface area contributed by atoms with E-state index >= 15 is 0 Å². The number of hydrogen-bond acceptors (Lipinski definition) is 4. The molecule has 0 heterocycles. The summed E-state index contributed by atoms with van der Waals surface area (Å²) in [5.41, 5.74) is 6.17. The summed E-state index contributed by atoms with van der Waals surface area (Å²) in [6.07, 6.45) is 0. The highest BCUT2D eigenvalue weighted by Crippen LogP contribution is 2.29. The fourth-order valence-electron chi connectivity index (χ4n) is 2.12. The van der Waals surface area contributed by atoms with Gasteiger partial charge in [-0.15, -0.1) is 0 Å². The van der Waals surface area contributed by atoms with Crippen LogP contribution in [0.5, 0.6) is 5.75 Å². The number of methoxy groups -OCH3 is 1. The predicted molar refractivity (Wildman–Crippen MR) is 85.8 cm³/mol. The minimum Gasteiger partial charge on any atom is -0.495 e. The van der Waals surface area contributed by atoms with Crippen molar-refractivity contribution < 1.29 is 13.2 Å². The van der Waals surface area contributed by atoms with Crippen molar-refractivity contribution in [2.24, 2.45) is 11.8 Å². The largest absolute Gasteiger partial charge is 0.495 e. The zero-order valence-electron chi connectivity index (χ0n) is 13.5. The van der Waals surface area contributed by atoms with Crippen molar-refractivity contribution in [2.45, 2.75) is 32.6 Å². The molecule has 0 spiro atoms. The van der Waals surface area contributed by atoms with Crippen LogP contribution in [-0.2, 0) is 10.0 Å². The molecule has 0 atom stereocenters. The van der Waals surface area contributed by atoms with Gasteiger partial charge in [-0.1, -0.05) is 27.7 Å². The second-order valence-electron chi connectivity index (χ2n) is 6.02. The Hall–Kier alpha value is -1.27. The molecule has 0 aromatic heterocycles. The first-order chi connectivity index (χ1) is 9.68. The van der Waals surface area contributed by atoms with Crippen molar-refractivity contribution in [1.82, 2.24) is 4.31 Å². The molecular formula is C15H26N2O3S. The highest BCUT2D eigenvalue weighted by molar-refractivity contribution is 7.89. The van der Waals surface area contributed by atoms with Gasteiger partial charge in [0.05, 0.1) is 7.11 Å². The SMILES string of the molecule is COc1cc(N)ccc1S(=O)(=O)N(CC(C)C)CC(C)C. The van der Waals surface area contributed by atoms with Crippen molar-refractivity contribution in [1.29, 1.82) is 0 Å². The Labute approximate surface area is 128 Å². The lowest BCUT2D eigenvalue weighted by Crippen LogP contribution is -2.37. The molecule has 5 nitrogen and oxygen atoms in total. The van der Waals surface area contributed by atoms with Gasteiger partial charge in [0, 0.05) is 24.8 Å². The number of nitrogens with zero attached hydrogens (tertiary/aromatic N) is 1. The molecule has 0 aliphatic heterocycles. The molecule has 120 valence electrons. The van der Waals surface area contributed by atoms with Crippen LogP contribution >= 0.6 is 0 Å². The smallest absolute Gasteiger partial charge is 0.246 e. The van der Waals surface area contributed by atoms with Gasteiger partial charge in [0.1, 0.15) is 10.6 Å². The summed E-state index contributed by atoms with van der Waals surface area (Å²) in [5.74, 6) is 0.782. The van der Waals surface area contributed by atoms with Crippen molar-refractivity contribution in [3.63, 3.8) is 0 Å². The maximum Gasteiger partial charge on any atom is 0.246 e. The van der Waals surface area contributed by atoms with E-state index in [1.165, 1.54) is 23.5 Å². The quantitative estimate of drug-likeness (QED) is 0.785. The fraction of sp³-hybridized carbons (Fsp3) is 0.600. The van der Waals surface area contributed by atoms with Crippen molar-refractivity contribution in [3.05, 3.63) is 18.2 Å². The lowest BCUT2D eigenvalue weighted by Gasteiger charge is -2.26. The molecular weight excluding hydrogens is 288 g/mol. The Morgan fingerprint density at radius 2 is 1.67 bits per heavy atom. The number of benzene rings is 1. The molecule has 0 bridgehead atoms. The highest BCUT2D eigenvalue weighted by atomic mass is 32.2. The van der Waals surface area contributed by atoms with E-state index in [9.17, 15) is 8.42 Å². The molecule has 0 amide bonds. The number of ether oxygens (including phenoxy) is 1. The first-order valence-electron chi connectivity index (χ1n) is 7.12. The monoisotopic (exact) mass is 314 g/mol. The van der Waals surface area contributed by atoms with Crippen molar-refractivity contribution >= 4 is 15.7 Å². The topological polar surface area (TPSA) is 72.6 Å². The zero-order valence-corrected chi connectivity index (χ0v) is 14.3. The lowest BCUT2D eigenvalue weighted by atomic mass is 10.2. The number of rotatable bonds is 7. The van der Waals surface area contributed by atoms with E-state index in [0.717, 1.165) is 0 Å². The molecule has 0 radical (unpaired) electrons. The Balaban J connectivity index is 3.27. The number of sulfonamides is 1. The summed E-state index contributed by atoms with van der Waals surface area (Å²) in [7, 11) is -2.15. The van der Waals surface area contributed by atoms with Crippen LogP contribution in [0.4, 0.5) is 5.69 Å². The first-order valence-corrected chi connectivity index (χ1v) is 8.56. The molecule has 2 N–H and O–H groups in total. The summed E-state index contributed by atoms with van der Waals surface area (Å²) < 4.78 is 32.5. The van der Waals surface area contributed by atoms with Crippen LogP contribution < -0.4 is 10.5 Å². The minimum absolute atomic E-state index is 0.167. The summed E-state index contributed by atoms with van der Waals surface area (Å²) >= 11 is 0. The molecule has 0 aliphatic rings. The molecule has 1 aromatic carbocycles. The van der Waals surface area contributed by atoms with E-state index in [2.05, 4.69) is 0 Å². The van der Waals surface area contributed by atoms with Crippen LogP contribution in [0.2, 0.25) is 0 Å². The number of anilines is 1. The summed E-state index contributed by atoms with van der Waals surface area (Å²) in [4.78, 5) is 0.167. The minimum atomic E-state index is -3.60. The predicted octanol–water partition coefficient (Wildman–Crippen LogP) is 2.58. The van der Waals surface area contributed by atoms with Gasteiger partial charge in [0.25, 0.3) is 0 Å². The Morgan fingerprint density at radius 1 is 1.14 bits per heavy atom. The Morgan fingerprint density at radius 3 is 2.10 bits per heavy atom. The Kier molecular flexibility index (Phi) is 6.04. The van der Waals surface area contributed by atoms with Gasteiger partial charge in [-0.3, -0.25) is 0 Å². The normalized spacial score (nSPS) is 12.4.